The highest BCUT2D eigenvalue weighted by Gasteiger charge is 2.22. The monoisotopic (exact) mass is 524 g/mol. The van der Waals surface area contributed by atoms with Crippen LogP contribution in [0.5, 0.6) is 5.75 Å². The minimum atomic E-state index is -1.51. The SMILES string of the molecule is COc1cc(Nc2n[nH]c(C(CCCCCl)c3cc(F)c(F)c(F)c3)n2)ccc1-n1cnc(Cl)c1. The number of methoxy groups -OCH3 is 1. The summed E-state index contributed by atoms with van der Waals surface area (Å²) in [6.45, 7) is 0. The molecule has 2 aromatic heterocycles. The first-order valence-electron chi connectivity index (χ1n) is 10.7. The quantitative estimate of drug-likeness (QED) is 0.143. The second kappa shape index (κ2) is 11.0. The number of halogens is 5. The second-order valence-corrected chi connectivity index (χ2v) is 8.46. The van der Waals surface area contributed by atoms with E-state index in [1.54, 1.807) is 36.3 Å². The van der Waals surface area contributed by atoms with E-state index in [1.807, 2.05) is 6.07 Å². The van der Waals surface area contributed by atoms with Gasteiger partial charge in [0.05, 0.1) is 12.8 Å². The van der Waals surface area contributed by atoms with Gasteiger partial charge < -0.3 is 14.6 Å². The average Bonchev–Trinajstić information content (AvgIpc) is 3.49. The Hall–Kier alpha value is -3.24. The van der Waals surface area contributed by atoms with Crippen LogP contribution in [0.1, 0.15) is 36.6 Å². The van der Waals surface area contributed by atoms with E-state index in [0.717, 1.165) is 17.8 Å². The van der Waals surface area contributed by atoms with Gasteiger partial charge in [0.25, 0.3) is 0 Å². The molecule has 7 nitrogen and oxygen atoms in total. The van der Waals surface area contributed by atoms with Crippen molar-refractivity contribution >= 4 is 34.8 Å². The molecule has 0 aliphatic heterocycles. The predicted molar refractivity (Wildman–Crippen MR) is 128 cm³/mol. The largest absolute Gasteiger partial charge is 0.494 e. The highest BCUT2D eigenvalue weighted by atomic mass is 35.5. The number of anilines is 2. The van der Waals surface area contributed by atoms with Gasteiger partial charge in [0.1, 0.15) is 23.1 Å². The molecule has 0 radical (unpaired) electrons. The number of rotatable bonds is 10. The first-order valence-corrected chi connectivity index (χ1v) is 11.6. The van der Waals surface area contributed by atoms with Crippen LogP contribution in [0, 0.1) is 17.5 Å². The molecule has 0 spiro atoms. The highest BCUT2D eigenvalue weighted by molar-refractivity contribution is 6.29. The van der Waals surface area contributed by atoms with E-state index in [-0.39, 0.29) is 11.5 Å². The van der Waals surface area contributed by atoms with Crippen LogP contribution in [-0.4, -0.2) is 37.7 Å². The van der Waals surface area contributed by atoms with Crippen LogP contribution in [0.2, 0.25) is 5.15 Å². The molecule has 4 rings (SSSR count). The summed E-state index contributed by atoms with van der Waals surface area (Å²) < 4.78 is 48.5. The molecule has 1 unspecified atom stereocenters. The summed E-state index contributed by atoms with van der Waals surface area (Å²) in [5, 5.41) is 10.4. The molecular weight excluding hydrogens is 504 g/mol. The van der Waals surface area contributed by atoms with E-state index < -0.39 is 23.4 Å². The molecule has 0 aliphatic rings. The van der Waals surface area contributed by atoms with E-state index in [4.69, 9.17) is 27.9 Å². The number of ether oxygens (including phenoxy) is 1. The number of hydrogen-bond acceptors (Lipinski definition) is 5. The summed E-state index contributed by atoms with van der Waals surface area (Å²) in [6, 6.07) is 7.31. The number of imidazole rings is 1. The molecular formula is C23H21Cl2F3N6O. The molecule has 2 heterocycles. The lowest BCUT2D eigenvalue weighted by atomic mass is 9.92. The Morgan fingerprint density at radius 1 is 1.14 bits per heavy atom. The zero-order chi connectivity index (χ0) is 24.9. The normalized spacial score (nSPS) is 12.1. The van der Waals surface area contributed by atoms with Crippen molar-refractivity contribution in [2.45, 2.75) is 25.2 Å². The van der Waals surface area contributed by atoms with Crippen molar-refractivity contribution in [3.8, 4) is 11.4 Å². The Balaban J connectivity index is 1.58. The maximum Gasteiger partial charge on any atom is 0.246 e. The lowest BCUT2D eigenvalue weighted by molar-refractivity contribution is 0.413. The number of nitrogens with zero attached hydrogens (tertiary/aromatic N) is 4. The smallest absolute Gasteiger partial charge is 0.246 e. The lowest BCUT2D eigenvalue weighted by Gasteiger charge is -2.15. The van der Waals surface area contributed by atoms with Crippen molar-refractivity contribution in [3.05, 3.63) is 76.8 Å². The molecule has 0 aliphatic carbocycles. The lowest BCUT2D eigenvalue weighted by Crippen LogP contribution is -2.07. The van der Waals surface area contributed by atoms with Gasteiger partial charge in [-0.05, 0) is 42.7 Å². The summed E-state index contributed by atoms with van der Waals surface area (Å²) in [6.07, 6.45) is 5.09. The van der Waals surface area contributed by atoms with Crippen LogP contribution in [0.25, 0.3) is 5.69 Å². The van der Waals surface area contributed by atoms with E-state index in [9.17, 15) is 13.2 Å². The van der Waals surface area contributed by atoms with Gasteiger partial charge in [0.15, 0.2) is 17.5 Å². The van der Waals surface area contributed by atoms with Gasteiger partial charge in [-0.2, -0.15) is 4.98 Å². The van der Waals surface area contributed by atoms with Crippen molar-refractivity contribution in [3.63, 3.8) is 0 Å². The highest BCUT2D eigenvalue weighted by Crippen LogP contribution is 2.32. The Morgan fingerprint density at radius 2 is 1.91 bits per heavy atom. The molecule has 1 atom stereocenters. The fourth-order valence-electron chi connectivity index (χ4n) is 3.69. The number of H-pyrrole nitrogens is 1. The van der Waals surface area contributed by atoms with Crippen LogP contribution < -0.4 is 10.1 Å². The summed E-state index contributed by atoms with van der Waals surface area (Å²) in [7, 11) is 1.54. The second-order valence-electron chi connectivity index (χ2n) is 7.70. The summed E-state index contributed by atoms with van der Waals surface area (Å²) in [4.78, 5) is 8.46. The molecule has 184 valence electrons. The summed E-state index contributed by atoms with van der Waals surface area (Å²) in [5.74, 6) is -2.94. The van der Waals surface area contributed by atoms with Crippen molar-refractivity contribution < 1.29 is 17.9 Å². The van der Waals surface area contributed by atoms with Gasteiger partial charge in [0.2, 0.25) is 5.95 Å². The molecule has 0 bridgehead atoms. The molecule has 35 heavy (non-hydrogen) atoms. The molecule has 2 aromatic carbocycles. The minimum Gasteiger partial charge on any atom is -0.494 e. The summed E-state index contributed by atoms with van der Waals surface area (Å²) in [5.41, 5.74) is 1.62. The van der Waals surface area contributed by atoms with Crippen LogP contribution in [-0.2, 0) is 0 Å². The number of hydrogen-bond donors (Lipinski definition) is 2. The van der Waals surface area contributed by atoms with Crippen LogP contribution in [0.15, 0.2) is 42.9 Å². The average molecular weight is 525 g/mol. The van der Waals surface area contributed by atoms with Gasteiger partial charge >= 0.3 is 0 Å². The predicted octanol–water partition coefficient (Wildman–Crippen LogP) is 6.35. The first-order chi connectivity index (χ1) is 16.9. The van der Waals surface area contributed by atoms with E-state index in [1.165, 1.54) is 0 Å². The van der Waals surface area contributed by atoms with Crippen molar-refractivity contribution in [1.29, 1.82) is 0 Å². The zero-order valence-electron chi connectivity index (χ0n) is 18.5. The third-order valence-electron chi connectivity index (χ3n) is 5.38. The molecule has 2 N–H and O–H groups in total. The van der Waals surface area contributed by atoms with Crippen molar-refractivity contribution in [1.82, 2.24) is 24.7 Å². The van der Waals surface area contributed by atoms with Crippen LogP contribution in [0.4, 0.5) is 24.8 Å². The van der Waals surface area contributed by atoms with Crippen molar-refractivity contribution in [2.24, 2.45) is 0 Å². The Labute approximate surface area is 209 Å². The molecule has 0 saturated heterocycles. The van der Waals surface area contributed by atoms with Gasteiger partial charge in [-0.15, -0.1) is 16.7 Å². The van der Waals surface area contributed by atoms with Crippen LogP contribution >= 0.6 is 23.2 Å². The Morgan fingerprint density at radius 3 is 2.57 bits per heavy atom. The molecule has 4 aromatic rings. The van der Waals surface area contributed by atoms with Crippen LogP contribution in [0.3, 0.4) is 0 Å². The molecule has 0 fully saturated rings. The molecule has 0 saturated carbocycles. The zero-order valence-corrected chi connectivity index (χ0v) is 20.0. The Bertz CT molecular complexity index is 1290. The molecule has 12 heteroatoms. The first kappa shape index (κ1) is 24.9. The molecule has 0 amide bonds. The van der Waals surface area contributed by atoms with E-state index in [2.05, 4.69) is 25.5 Å². The number of nitrogens with one attached hydrogen (secondary N) is 2. The van der Waals surface area contributed by atoms with Gasteiger partial charge in [0, 0.05) is 29.7 Å². The topological polar surface area (TPSA) is 80.6 Å². The van der Waals surface area contributed by atoms with Gasteiger partial charge in [-0.3, -0.25) is 5.10 Å². The fourth-order valence-corrected chi connectivity index (χ4v) is 4.03. The number of benzene rings is 2. The number of alkyl halides is 1. The number of aromatic amines is 1. The standard InChI is InChI=1S/C23H21Cl2F3N6O/c1-35-19-10-14(5-6-18(19)34-11-20(25)29-12-34)30-23-31-22(32-33-23)15(4-2-3-7-24)13-8-16(26)21(28)17(27)9-13/h5-6,8-12,15H,2-4,7H2,1H3,(H2,30,31,32,33). The van der Waals surface area contributed by atoms with Gasteiger partial charge in [-0.25, -0.2) is 18.2 Å². The maximum atomic E-state index is 13.9. The Kier molecular flexibility index (Phi) is 7.82. The maximum absolute atomic E-state index is 13.9. The third-order valence-corrected chi connectivity index (χ3v) is 5.85. The van der Waals surface area contributed by atoms with Crippen molar-refractivity contribution in [2.75, 3.05) is 18.3 Å². The third kappa shape index (κ3) is 5.71. The fraction of sp³-hybridized carbons (Fsp3) is 0.261. The van der Waals surface area contributed by atoms with E-state index in [0.29, 0.717) is 47.6 Å². The number of aromatic nitrogens is 5. The van der Waals surface area contributed by atoms with E-state index >= 15 is 0 Å². The van der Waals surface area contributed by atoms with Gasteiger partial charge in [-0.1, -0.05) is 18.0 Å². The number of unbranched alkanes of at least 4 members (excludes halogenated alkanes) is 1. The summed E-state index contributed by atoms with van der Waals surface area (Å²) >= 11 is 11.7. The minimum absolute atomic E-state index is 0.242.